The van der Waals surface area contributed by atoms with Gasteiger partial charge in [0.05, 0.1) is 0 Å². The second kappa shape index (κ2) is 5.15. The van der Waals surface area contributed by atoms with Gasteiger partial charge >= 0.3 is 6.37 Å². The minimum atomic E-state index is -3.82. The predicted octanol–water partition coefficient (Wildman–Crippen LogP) is 2.22. The van der Waals surface area contributed by atoms with Crippen molar-refractivity contribution in [1.82, 2.24) is 0 Å². The second-order valence-electron chi connectivity index (χ2n) is 5.64. The van der Waals surface area contributed by atoms with E-state index in [1.165, 1.54) is 0 Å². The predicted molar refractivity (Wildman–Crippen MR) is 95.1 cm³/mol. The zero-order chi connectivity index (χ0) is 16.9. The first-order chi connectivity index (χ1) is 10.7. The average Bonchev–Trinajstić information content (AvgIpc) is 3.20. The maximum absolute atomic E-state index is 12.6. The van der Waals surface area contributed by atoms with Crippen molar-refractivity contribution in [3.05, 3.63) is 71.8 Å². The zero-order valence-electron chi connectivity index (χ0n) is 12.7. The monoisotopic (exact) mass is 364 g/mol. The van der Waals surface area contributed by atoms with Crippen LogP contribution in [0.25, 0.3) is 10.4 Å². The maximum Gasteiger partial charge on any atom is 0.387 e. The summed E-state index contributed by atoms with van der Waals surface area (Å²) < 4.78 is 50.3. The molecule has 1 aliphatic heterocycles. The van der Waals surface area contributed by atoms with E-state index in [0.717, 1.165) is 12.5 Å². The molecule has 0 fully saturated rings. The molecule has 0 N–H and O–H groups in total. The van der Waals surface area contributed by atoms with Gasteiger partial charge in [-0.05, 0) is 21.5 Å². The minimum Gasteiger partial charge on any atom is -0.234 e. The van der Waals surface area contributed by atoms with Crippen molar-refractivity contribution in [3.63, 3.8) is 0 Å². The molecule has 2 aromatic rings. The van der Waals surface area contributed by atoms with Crippen LogP contribution >= 0.6 is 0 Å². The molecule has 0 atom stereocenters. The Labute approximate surface area is 136 Å². The molecule has 3 rings (SSSR count). The van der Waals surface area contributed by atoms with Gasteiger partial charge in [0.1, 0.15) is 18.6 Å². The molecule has 0 unspecified atom stereocenters. The normalized spacial score (nSPS) is 17.1. The number of benzene rings is 2. The van der Waals surface area contributed by atoms with Gasteiger partial charge < -0.3 is 0 Å². The smallest absolute Gasteiger partial charge is 0.234 e. The Hall–Kier alpha value is -1.70. The van der Waals surface area contributed by atoms with E-state index < -0.39 is 24.9 Å². The van der Waals surface area contributed by atoms with E-state index in [0.29, 0.717) is 21.5 Å². The van der Waals surface area contributed by atoms with E-state index in [2.05, 4.69) is 0 Å². The molecule has 1 aliphatic rings. The van der Waals surface area contributed by atoms with Gasteiger partial charge in [-0.1, -0.05) is 60.7 Å². The van der Waals surface area contributed by atoms with Gasteiger partial charge in [-0.3, -0.25) is 0 Å². The summed E-state index contributed by atoms with van der Waals surface area (Å²) >= 11 is 0. The lowest BCUT2D eigenvalue weighted by molar-refractivity contribution is 0.610. The summed E-state index contributed by atoms with van der Waals surface area (Å²) in [5, 5.41) is 0.989. The van der Waals surface area contributed by atoms with E-state index in [-0.39, 0.29) is 0 Å². The summed E-state index contributed by atoms with van der Waals surface area (Å²) in [6.07, 6.45) is -1.74. The first-order valence-corrected chi connectivity index (χ1v) is 14.2. The standard InChI is InChI=1S/C16H16O4S2Si/c1-21(17,18)23(22(2,19)20)15(13-9-5-3-6-10-13)16(23)14-11-7-4-8-12-14/h3-12H,1-2H3. The minimum absolute atomic E-state index is 0.495. The molecule has 0 radical (unpaired) electrons. The fourth-order valence-electron chi connectivity index (χ4n) is 3.14. The third-order valence-corrected chi connectivity index (χ3v) is 22.4. The van der Waals surface area contributed by atoms with Crippen LogP contribution in [0.4, 0.5) is 0 Å². The lowest BCUT2D eigenvalue weighted by atomic mass is 10.1. The third kappa shape index (κ3) is 2.30. The van der Waals surface area contributed by atoms with Crippen LogP contribution in [0, 0.1) is 0 Å². The highest BCUT2D eigenvalue weighted by Crippen LogP contribution is 2.59. The SMILES string of the molecule is CS(=O)(=O)[Si]1(S(C)(=O)=O)C(c2ccccc2)=C1c1ccccc1. The number of rotatable bonds is 4. The van der Waals surface area contributed by atoms with Gasteiger partial charge in [-0.15, -0.1) is 0 Å². The zero-order valence-corrected chi connectivity index (χ0v) is 15.4. The summed E-state index contributed by atoms with van der Waals surface area (Å²) in [5.41, 5.74) is 1.35. The summed E-state index contributed by atoms with van der Waals surface area (Å²) in [6.45, 7) is 0. The molecule has 1 heterocycles. The molecule has 120 valence electrons. The van der Waals surface area contributed by atoms with Crippen molar-refractivity contribution in [3.8, 4) is 0 Å². The van der Waals surface area contributed by atoms with Crippen molar-refractivity contribution in [1.29, 1.82) is 0 Å². The number of hydrogen-bond donors (Lipinski definition) is 0. The van der Waals surface area contributed by atoms with E-state index in [1.54, 1.807) is 48.5 Å². The Balaban J connectivity index is 2.36. The van der Waals surface area contributed by atoms with Crippen LogP contribution in [0.1, 0.15) is 11.1 Å². The second-order valence-corrected chi connectivity index (χ2v) is 19.9. The first kappa shape index (κ1) is 16.2. The molecular formula is C16H16O4S2Si. The van der Waals surface area contributed by atoms with Gasteiger partial charge in [0, 0.05) is 12.5 Å². The molecule has 0 saturated heterocycles. The average molecular weight is 365 g/mol. The van der Waals surface area contributed by atoms with Gasteiger partial charge in [0.15, 0.2) is 0 Å². The van der Waals surface area contributed by atoms with Gasteiger partial charge in [-0.2, -0.15) is 0 Å². The summed E-state index contributed by atoms with van der Waals surface area (Å²) in [4.78, 5) is 0. The molecule has 7 heteroatoms. The summed E-state index contributed by atoms with van der Waals surface area (Å²) in [5.74, 6) is 0. The Morgan fingerprint density at radius 3 is 1.17 bits per heavy atom. The van der Waals surface area contributed by atoms with Crippen LogP contribution in [0.5, 0.6) is 0 Å². The Kier molecular flexibility index (Phi) is 3.62. The molecule has 4 nitrogen and oxygen atoms in total. The van der Waals surface area contributed by atoms with E-state index >= 15 is 0 Å². The fourth-order valence-corrected chi connectivity index (χ4v) is 21.4. The van der Waals surface area contributed by atoms with E-state index in [9.17, 15) is 16.8 Å². The lowest BCUT2D eigenvalue weighted by Gasteiger charge is -2.13. The van der Waals surface area contributed by atoms with E-state index in [1.807, 2.05) is 12.1 Å². The quantitative estimate of drug-likeness (QED) is 0.780. The van der Waals surface area contributed by atoms with Crippen molar-refractivity contribution < 1.29 is 16.8 Å². The van der Waals surface area contributed by atoms with Crippen LogP contribution in [-0.2, 0) is 18.6 Å². The first-order valence-electron chi connectivity index (χ1n) is 6.96. The van der Waals surface area contributed by atoms with E-state index in [4.69, 9.17) is 0 Å². The van der Waals surface area contributed by atoms with Crippen molar-refractivity contribution in [2.24, 2.45) is 0 Å². The molecule has 2 aromatic carbocycles. The van der Waals surface area contributed by atoms with Crippen LogP contribution in [0.2, 0.25) is 0 Å². The Morgan fingerprint density at radius 1 is 0.609 bits per heavy atom. The summed E-state index contributed by atoms with van der Waals surface area (Å²) in [6, 6.07) is 17.8. The van der Waals surface area contributed by atoms with Crippen LogP contribution in [0.15, 0.2) is 60.7 Å². The highest BCUT2D eigenvalue weighted by molar-refractivity contribution is 8.57. The molecular weight excluding hydrogens is 348 g/mol. The molecule has 0 aliphatic carbocycles. The Morgan fingerprint density at radius 2 is 0.913 bits per heavy atom. The topological polar surface area (TPSA) is 68.3 Å². The van der Waals surface area contributed by atoms with Gasteiger partial charge in [0.25, 0.3) is 0 Å². The van der Waals surface area contributed by atoms with Crippen molar-refractivity contribution in [2.45, 2.75) is 0 Å². The van der Waals surface area contributed by atoms with Crippen LogP contribution < -0.4 is 0 Å². The summed E-state index contributed by atoms with van der Waals surface area (Å²) in [7, 11) is -7.53. The van der Waals surface area contributed by atoms with Crippen molar-refractivity contribution >= 4 is 35.3 Å². The molecule has 0 saturated carbocycles. The fraction of sp³-hybridized carbons (Fsp3) is 0.125. The molecule has 23 heavy (non-hydrogen) atoms. The van der Waals surface area contributed by atoms with Gasteiger partial charge in [0.2, 0.25) is 0 Å². The van der Waals surface area contributed by atoms with Gasteiger partial charge in [-0.25, -0.2) is 16.8 Å². The lowest BCUT2D eigenvalue weighted by Crippen LogP contribution is -2.42. The van der Waals surface area contributed by atoms with Crippen LogP contribution in [-0.4, -0.2) is 35.7 Å². The maximum atomic E-state index is 12.6. The van der Waals surface area contributed by atoms with Crippen molar-refractivity contribution in [2.75, 3.05) is 12.5 Å². The molecule has 0 aromatic heterocycles. The third-order valence-electron chi connectivity index (χ3n) is 4.02. The Bertz CT molecular complexity index is 909. The largest absolute Gasteiger partial charge is 0.387 e. The van der Waals surface area contributed by atoms with Crippen LogP contribution in [0.3, 0.4) is 0 Å². The molecule has 0 amide bonds. The number of hydrogen-bond acceptors (Lipinski definition) is 4. The molecule has 0 bridgehead atoms. The molecule has 0 spiro atoms. The highest BCUT2D eigenvalue weighted by atomic mass is 32.6. The highest BCUT2D eigenvalue weighted by Gasteiger charge is 2.73.